The quantitative estimate of drug-likeness (QED) is 0.320. The number of H-pyrrole nitrogens is 1. The molecule has 0 radical (unpaired) electrons. The number of carbonyl (C=O) groups is 1. The summed E-state index contributed by atoms with van der Waals surface area (Å²) in [5, 5.41) is 13.3. The number of aromatic amines is 1. The van der Waals surface area contributed by atoms with Crippen molar-refractivity contribution in [3.8, 4) is 34.2 Å². The minimum atomic E-state index is -0.984. The first-order valence-corrected chi connectivity index (χ1v) is 10.7. The SMILES string of the molecule is Nc1nc(-c2ccc(C#Cc3cccc(C(=O)O)c3-c3ccc4cc[nH]c4c3)cc2)cs1. The lowest BCUT2D eigenvalue weighted by Crippen LogP contribution is -2.01. The van der Waals surface area contributed by atoms with Gasteiger partial charge in [-0.05, 0) is 47.3 Å². The molecule has 32 heavy (non-hydrogen) atoms. The molecule has 0 bridgehead atoms. The van der Waals surface area contributed by atoms with Gasteiger partial charge in [0.1, 0.15) is 0 Å². The molecule has 0 spiro atoms. The zero-order valence-corrected chi connectivity index (χ0v) is 17.6. The first-order valence-electron chi connectivity index (χ1n) is 9.86. The Bertz CT molecular complexity index is 1520. The van der Waals surface area contributed by atoms with Gasteiger partial charge in [0, 0.05) is 39.3 Å². The Labute approximate surface area is 188 Å². The summed E-state index contributed by atoms with van der Waals surface area (Å²) in [4.78, 5) is 19.4. The Balaban J connectivity index is 1.55. The summed E-state index contributed by atoms with van der Waals surface area (Å²) in [6.07, 6.45) is 1.86. The van der Waals surface area contributed by atoms with E-state index in [1.165, 1.54) is 11.3 Å². The number of aromatic nitrogens is 2. The monoisotopic (exact) mass is 435 g/mol. The van der Waals surface area contributed by atoms with Gasteiger partial charge in [0.25, 0.3) is 0 Å². The number of hydrogen-bond acceptors (Lipinski definition) is 4. The Morgan fingerprint density at radius 3 is 2.56 bits per heavy atom. The molecule has 4 N–H and O–H groups in total. The molecule has 0 amide bonds. The van der Waals surface area contributed by atoms with Crippen molar-refractivity contribution >= 4 is 33.3 Å². The molecule has 0 fully saturated rings. The average molecular weight is 436 g/mol. The molecule has 0 aliphatic carbocycles. The second kappa shape index (κ2) is 8.06. The predicted molar refractivity (Wildman–Crippen MR) is 129 cm³/mol. The number of thiazole rings is 1. The maximum atomic E-state index is 11.9. The Morgan fingerprint density at radius 1 is 1.00 bits per heavy atom. The maximum absolute atomic E-state index is 11.9. The number of hydrogen-bond donors (Lipinski definition) is 3. The van der Waals surface area contributed by atoms with Crippen LogP contribution >= 0.6 is 11.3 Å². The molecule has 0 saturated heterocycles. The second-order valence-electron chi connectivity index (χ2n) is 7.21. The number of anilines is 1. The molecule has 0 atom stereocenters. The molecular weight excluding hydrogens is 418 g/mol. The van der Waals surface area contributed by atoms with Crippen molar-refractivity contribution < 1.29 is 9.90 Å². The highest BCUT2D eigenvalue weighted by atomic mass is 32.1. The van der Waals surface area contributed by atoms with Crippen LogP contribution in [0.5, 0.6) is 0 Å². The lowest BCUT2D eigenvalue weighted by Gasteiger charge is -2.10. The molecule has 5 nitrogen and oxygen atoms in total. The Kier molecular flexibility index (Phi) is 4.94. The minimum absolute atomic E-state index is 0.221. The minimum Gasteiger partial charge on any atom is -0.478 e. The van der Waals surface area contributed by atoms with Crippen LogP contribution in [0.1, 0.15) is 21.5 Å². The van der Waals surface area contributed by atoms with E-state index in [-0.39, 0.29) is 5.56 Å². The summed E-state index contributed by atoms with van der Waals surface area (Å²) in [6, 6.07) is 20.8. The molecule has 0 saturated carbocycles. The van der Waals surface area contributed by atoms with Crippen molar-refractivity contribution in [1.82, 2.24) is 9.97 Å². The molecule has 0 unspecified atom stereocenters. The van der Waals surface area contributed by atoms with Gasteiger partial charge in [-0.3, -0.25) is 0 Å². The molecule has 6 heteroatoms. The van der Waals surface area contributed by atoms with Crippen molar-refractivity contribution in [2.75, 3.05) is 5.73 Å². The van der Waals surface area contributed by atoms with Crippen LogP contribution in [0, 0.1) is 11.8 Å². The lowest BCUT2D eigenvalue weighted by atomic mass is 9.93. The number of rotatable bonds is 3. The first-order chi connectivity index (χ1) is 15.6. The van der Waals surface area contributed by atoms with Crippen LogP contribution in [-0.4, -0.2) is 21.0 Å². The van der Waals surface area contributed by atoms with E-state index in [1.54, 1.807) is 12.1 Å². The second-order valence-corrected chi connectivity index (χ2v) is 8.10. The zero-order chi connectivity index (χ0) is 22.1. The highest BCUT2D eigenvalue weighted by molar-refractivity contribution is 7.13. The van der Waals surface area contributed by atoms with Crippen molar-refractivity contribution in [2.45, 2.75) is 0 Å². The Morgan fingerprint density at radius 2 is 1.81 bits per heavy atom. The molecule has 5 rings (SSSR count). The van der Waals surface area contributed by atoms with Crippen LogP contribution in [0.2, 0.25) is 0 Å². The number of nitrogens with two attached hydrogens (primary N) is 1. The van der Waals surface area contributed by atoms with E-state index < -0.39 is 5.97 Å². The summed E-state index contributed by atoms with van der Waals surface area (Å²) >= 11 is 1.40. The molecule has 0 aliphatic heterocycles. The van der Waals surface area contributed by atoms with Crippen LogP contribution in [0.15, 0.2) is 78.3 Å². The third-order valence-electron chi connectivity index (χ3n) is 5.18. The number of fused-ring (bicyclic) bond motifs is 1. The largest absolute Gasteiger partial charge is 0.478 e. The van der Waals surface area contributed by atoms with E-state index in [9.17, 15) is 9.90 Å². The van der Waals surface area contributed by atoms with Gasteiger partial charge < -0.3 is 15.8 Å². The standard InChI is InChI=1S/C26H17N3O2S/c27-26-29-23(15-32-26)17-7-4-16(5-8-17)6-9-19-2-1-3-21(25(30)31)24(19)20-11-10-18-12-13-28-22(18)14-20/h1-5,7-8,10-15,28H,(H2,27,29)(H,30,31). The topological polar surface area (TPSA) is 92.0 Å². The van der Waals surface area contributed by atoms with Gasteiger partial charge in [0.2, 0.25) is 0 Å². The van der Waals surface area contributed by atoms with Crippen LogP contribution < -0.4 is 5.73 Å². The maximum Gasteiger partial charge on any atom is 0.336 e. The zero-order valence-electron chi connectivity index (χ0n) is 16.8. The summed E-state index contributed by atoms with van der Waals surface area (Å²) in [5.74, 6) is 5.35. The fraction of sp³-hybridized carbons (Fsp3) is 0. The van der Waals surface area contributed by atoms with Crippen LogP contribution in [0.3, 0.4) is 0 Å². The van der Waals surface area contributed by atoms with E-state index in [2.05, 4.69) is 21.8 Å². The molecular formula is C26H17N3O2S. The lowest BCUT2D eigenvalue weighted by molar-refractivity contribution is 0.0697. The normalized spacial score (nSPS) is 10.6. The third kappa shape index (κ3) is 3.73. The number of aromatic carboxylic acids is 1. The molecule has 3 aromatic carbocycles. The van der Waals surface area contributed by atoms with Gasteiger partial charge in [-0.15, -0.1) is 11.3 Å². The highest BCUT2D eigenvalue weighted by Crippen LogP contribution is 2.30. The van der Waals surface area contributed by atoms with Crippen molar-refractivity contribution in [2.24, 2.45) is 0 Å². The molecule has 0 aliphatic rings. The summed E-state index contributed by atoms with van der Waals surface area (Å²) in [6.45, 7) is 0. The van der Waals surface area contributed by atoms with Gasteiger partial charge in [0.05, 0.1) is 11.3 Å². The van der Waals surface area contributed by atoms with E-state index in [0.29, 0.717) is 16.3 Å². The fourth-order valence-electron chi connectivity index (χ4n) is 3.63. The number of carboxylic acids is 1. The summed E-state index contributed by atoms with van der Waals surface area (Å²) in [5.41, 5.74) is 11.6. The summed E-state index contributed by atoms with van der Waals surface area (Å²) in [7, 11) is 0. The Hall–Kier alpha value is -4.34. The van der Waals surface area contributed by atoms with E-state index in [4.69, 9.17) is 5.73 Å². The number of nitrogens with zero attached hydrogens (tertiary/aromatic N) is 1. The first kappa shape index (κ1) is 19.6. The molecule has 2 heterocycles. The number of benzene rings is 3. The number of carboxylic acid groups (broad SMARTS) is 1. The van der Waals surface area contributed by atoms with Gasteiger partial charge in [-0.2, -0.15) is 0 Å². The molecule has 5 aromatic rings. The van der Waals surface area contributed by atoms with Crippen molar-refractivity contribution in [3.05, 3.63) is 95.0 Å². The van der Waals surface area contributed by atoms with Crippen molar-refractivity contribution in [1.29, 1.82) is 0 Å². The van der Waals surface area contributed by atoms with Gasteiger partial charge in [0.15, 0.2) is 5.13 Å². The fourth-order valence-corrected chi connectivity index (χ4v) is 4.21. The highest BCUT2D eigenvalue weighted by Gasteiger charge is 2.15. The van der Waals surface area contributed by atoms with Crippen LogP contribution in [0.25, 0.3) is 33.3 Å². The van der Waals surface area contributed by atoms with Crippen LogP contribution in [0.4, 0.5) is 5.13 Å². The van der Waals surface area contributed by atoms with Gasteiger partial charge >= 0.3 is 5.97 Å². The predicted octanol–water partition coefficient (Wildman–Crippen LogP) is 5.64. The van der Waals surface area contributed by atoms with Crippen molar-refractivity contribution in [3.63, 3.8) is 0 Å². The van der Waals surface area contributed by atoms with E-state index in [1.807, 2.05) is 66.2 Å². The molecule has 2 aromatic heterocycles. The summed E-state index contributed by atoms with van der Waals surface area (Å²) < 4.78 is 0. The number of nitrogens with one attached hydrogen (secondary N) is 1. The van der Waals surface area contributed by atoms with E-state index >= 15 is 0 Å². The number of nitrogen functional groups attached to an aromatic ring is 1. The van der Waals surface area contributed by atoms with Crippen LogP contribution in [-0.2, 0) is 0 Å². The third-order valence-corrected chi connectivity index (χ3v) is 5.86. The van der Waals surface area contributed by atoms with Gasteiger partial charge in [-0.25, -0.2) is 9.78 Å². The van der Waals surface area contributed by atoms with E-state index in [0.717, 1.165) is 33.3 Å². The smallest absolute Gasteiger partial charge is 0.336 e. The average Bonchev–Trinajstić information content (AvgIpc) is 3.46. The van der Waals surface area contributed by atoms with Gasteiger partial charge in [-0.1, -0.05) is 42.2 Å². The molecule has 154 valence electrons.